The zero-order valence-corrected chi connectivity index (χ0v) is 7.75. The summed E-state index contributed by atoms with van der Waals surface area (Å²) in [6.07, 6.45) is 0.347. The van der Waals surface area contributed by atoms with E-state index in [9.17, 15) is 19.3 Å². The van der Waals surface area contributed by atoms with Gasteiger partial charge in [0.1, 0.15) is 10.3 Å². The first-order chi connectivity index (χ1) is 6.06. The molecule has 0 N–H and O–H groups in total. The maximum Gasteiger partial charge on any atom is 0.287 e. The third kappa shape index (κ3) is 1.89. The summed E-state index contributed by atoms with van der Waals surface area (Å²) in [5, 5.41) is 10.3. The lowest BCUT2D eigenvalue weighted by atomic mass is 10.2. The molecular weight excluding hydrogens is 245 g/mol. The molecule has 68 valence electrons. The van der Waals surface area contributed by atoms with E-state index < -0.39 is 16.4 Å². The average molecular weight is 248 g/mol. The van der Waals surface area contributed by atoms with Crippen molar-refractivity contribution in [2.75, 3.05) is 0 Å². The molecule has 6 heteroatoms. The van der Waals surface area contributed by atoms with Crippen molar-refractivity contribution in [2.45, 2.75) is 0 Å². The van der Waals surface area contributed by atoms with Crippen LogP contribution in [0.5, 0.6) is 0 Å². The van der Waals surface area contributed by atoms with E-state index in [0.717, 1.165) is 12.1 Å². The molecule has 4 nitrogen and oxygen atoms in total. The number of hydrogen-bond acceptors (Lipinski definition) is 3. The molecule has 0 aliphatic rings. The van der Waals surface area contributed by atoms with Crippen molar-refractivity contribution < 1.29 is 14.1 Å². The summed E-state index contributed by atoms with van der Waals surface area (Å²) in [5.41, 5.74) is -0.534. The molecule has 0 aliphatic carbocycles. The van der Waals surface area contributed by atoms with Crippen LogP contribution < -0.4 is 0 Å². The quantitative estimate of drug-likeness (QED) is 0.458. The molecule has 1 aromatic carbocycles. The summed E-state index contributed by atoms with van der Waals surface area (Å²) in [7, 11) is 0. The number of hydrogen-bond donors (Lipinski definition) is 0. The highest BCUT2D eigenvalue weighted by Gasteiger charge is 2.17. The van der Waals surface area contributed by atoms with Crippen molar-refractivity contribution in [3.63, 3.8) is 0 Å². The third-order valence-electron chi connectivity index (χ3n) is 1.37. The van der Waals surface area contributed by atoms with E-state index in [1.165, 1.54) is 0 Å². The Bertz CT molecular complexity index is 380. The van der Waals surface area contributed by atoms with E-state index in [1.54, 1.807) is 0 Å². The Balaban J connectivity index is 3.44. The standard InChI is InChI=1S/C7H3BrFNO3/c8-7-4(3-11)1-5(9)2-6(7)10(12)13/h1-3H. The van der Waals surface area contributed by atoms with Gasteiger partial charge in [-0.2, -0.15) is 0 Å². The van der Waals surface area contributed by atoms with Gasteiger partial charge in [0.05, 0.1) is 11.0 Å². The SMILES string of the molecule is O=Cc1cc(F)cc([N+](=O)[O-])c1Br. The molecule has 0 saturated heterocycles. The van der Waals surface area contributed by atoms with E-state index in [0.29, 0.717) is 6.29 Å². The monoisotopic (exact) mass is 247 g/mol. The molecule has 0 heterocycles. The van der Waals surface area contributed by atoms with Crippen molar-refractivity contribution in [2.24, 2.45) is 0 Å². The van der Waals surface area contributed by atoms with Crippen LogP contribution in [0.3, 0.4) is 0 Å². The molecule has 0 unspecified atom stereocenters. The first-order valence-corrected chi connectivity index (χ1v) is 3.94. The summed E-state index contributed by atoms with van der Waals surface area (Å²) in [6, 6.07) is 1.67. The molecule has 0 saturated carbocycles. The molecule has 0 bridgehead atoms. The van der Waals surface area contributed by atoms with Crippen LogP contribution >= 0.6 is 15.9 Å². The van der Waals surface area contributed by atoms with Crippen molar-refractivity contribution >= 4 is 27.9 Å². The third-order valence-corrected chi connectivity index (χ3v) is 2.23. The predicted octanol–water partition coefficient (Wildman–Crippen LogP) is 2.31. The molecule has 0 spiro atoms. The fraction of sp³-hybridized carbons (Fsp3) is 0. The van der Waals surface area contributed by atoms with Gasteiger partial charge in [0.25, 0.3) is 5.69 Å². The summed E-state index contributed by atoms with van der Waals surface area (Å²) in [4.78, 5) is 19.9. The van der Waals surface area contributed by atoms with Crippen LogP contribution in [0.15, 0.2) is 16.6 Å². The topological polar surface area (TPSA) is 60.2 Å². The van der Waals surface area contributed by atoms with Crippen LogP contribution in [0.4, 0.5) is 10.1 Å². The molecule has 0 aromatic heterocycles. The fourth-order valence-electron chi connectivity index (χ4n) is 0.814. The number of rotatable bonds is 2. The Kier molecular flexibility index (Phi) is 2.72. The normalized spacial score (nSPS) is 9.69. The largest absolute Gasteiger partial charge is 0.298 e. The fourth-order valence-corrected chi connectivity index (χ4v) is 1.28. The summed E-state index contributed by atoms with van der Waals surface area (Å²) in [6.45, 7) is 0. The number of carbonyl (C=O) groups is 1. The van der Waals surface area contributed by atoms with Crippen molar-refractivity contribution in [3.8, 4) is 0 Å². The second-order valence-corrected chi connectivity index (χ2v) is 3.00. The number of benzene rings is 1. The maximum atomic E-state index is 12.7. The highest BCUT2D eigenvalue weighted by molar-refractivity contribution is 9.10. The van der Waals surface area contributed by atoms with Gasteiger partial charge in [-0.1, -0.05) is 0 Å². The van der Waals surface area contributed by atoms with E-state index in [2.05, 4.69) is 15.9 Å². The van der Waals surface area contributed by atoms with Gasteiger partial charge in [-0.05, 0) is 22.0 Å². The van der Waals surface area contributed by atoms with Crippen LogP contribution in [-0.2, 0) is 0 Å². The lowest BCUT2D eigenvalue weighted by Gasteiger charge is -1.98. The highest BCUT2D eigenvalue weighted by Crippen LogP contribution is 2.28. The van der Waals surface area contributed by atoms with Gasteiger partial charge in [0.15, 0.2) is 6.29 Å². The molecular formula is C7H3BrFNO3. The smallest absolute Gasteiger partial charge is 0.287 e. The van der Waals surface area contributed by atoms with Gasteiger partial charge in [0.2, 0.25) is 0 Å². The lowest BCUT2D eigenvalue weighted by molar-refractivity contribution is -0.385. The Hall–Kier alpha value is -1.30. The van der Waals surface area contributed by atoms with Crippen LogP contribution in [0.25, 0.3) is 0 Å². The summed E-state index contributed by atoms with van der Waals surface area (Å²) in [5.74, 6) is -0.808. The molecule has 0 radical (unpaired) electrons. The van der Waals surface area contributed by atoms with Gasteiger partial charge in [0, 0.05) is 5.56 Å². The van der Waals surface area contributed by atoms with Gasteiger partial charge in [-0.15, -0.1) is 0 Å². The van der Waals surface area contributed by atoms with Gasteiger partial charge in [-0.25, -0.2) is 4.39 Å². The van der Waals surface area contributed by atoms with E-state index in [-0.39, 0.29) is 10.0 Å². The lowest BCUT2D eigenvalue weighted by Crippen LogP contribution is -1.94. The minimum absolute atomic E-state index is 0.00565. The molecule has 0 aliphatic heterocycles. The number of carbonyl (C=O) groups excluding carboxylic acids is 1. The number of halogens is 2. The molecule has 0 amide bonds. The number of nitro groups is 1. The minimum atomic E-state index is -0.808. The summed E-state index contributed by atoms with van der Waals surface area (Å²) >= 11 is 2.84. The highest BCUT2D eigenvalue weighted by atomic mass is 79.9. The van der Waals surface area contributed by atoms with Gasteiger partial charge in [-0.3, -0.25) is 14.9 Å². The number of aldehydes is 1. The molecule has 0 fully saturated rings. The van der Waals surface area contributed by atoms with Crippen LogP contribution in [0.1, 0.15) is 10.4 Å². The van der Waals surface area contributed by atoms with Crippen molar-refractivity contribution in [3.05, 3.63) is 38.1 Å². The zero-order valence-electron chi connectivity index (χ0n) is 6.16. The molecule has 1 rings (SSSR count). The van der Waals surface area contributed by atoms with E-state index >= 15 is 0 Å². The van der Waals surface area contributed by atoms with E-state index in [1.807, 2.05) is 0 Å². The Morgan fingerprint density at radius 3 is 2.62 bits per heavy atom. The van der Waals surface area contributed by atoms with E-state index in [4.69, 9.17) is 0 Å². The predicted molar refractivity (Wildman–Crippen MR) is 46.1 cm³/mol. The van der Waals surface area contributed by atoms with Crippen LogP contribution in [0, 0.1) is 15.9 Å². The first kappa shape index (κ1) is 9.79. The van der Waals surface area contributed by atoms with Gasteiger partial charge >= 0.3 is 0 Å². The Morgan fingerprint density at radius 2 is 2.15 bits per heavy atom. The molecule has 1 aromatic rings. The number of nitrogens with zero attached hydrogens (tertiary/aromatic N) is 1. The van der Waals surface area contributed by atoms with Crippen molar-refractivity contribution in [1.82, 2.24) is 0 Å². The maximum absolute atomic E-state index is 12.7. The second-order valence-electron chi connectivity index (χ2n) is 2.20. The molecule has 0 atom stereocenters. The Labute approximate surface area is 80.6 Å². The average Bonchev–Trinajstić information content (AvgIpc) is 2.08. The second kappa shape index (κ2) is 3.61. The number of nitro benzene ring substituents is 1. The van der Waals surface area contributed by atoms with Gasteiger partial charge < -0.3 is 0 Å². The molecule has 13 heavy (non-hydrogen) atoms. The van der Waals surface area contributed by atoms with Crippen molar-refractivity contribution in [1.29, 1.82) is 0 Å². The Morgan fingerprint density at radius 1 is 1.54 bits per heavy atom. The van der Waals surface area contributed by atoms with Crippen LogP contribution in [-0.4, -0.2) is 11.2 Å². The first-order valence-electron chi connectivity index (χ1n) is 3.15. The zero-order chi connectivity index (χ0) is 10.0. The van der Waals surface area contributed by atoms with Crippen LogP contribution in [0.2, 0.25) is 0 Å². The minimum Gasteiger partial charge on any atom is -0.298 e. The summed E-state index contributed by atoms with van der Waals surface area (Å²) < 4.78 is 12.7.